The van der Waals surface area contributed by atoms with Gasteiger partial charge in [-0.2, -0.15) is 0 Å². The van der Waals surface area contributed by atoms with Crippen molar-refractivity contribution in [2.24, 2.45) is 0 Å². The fraction of sp³-hybridized carbons (Fsp3) is 0.455. The Labute approximate surface area is 96.7 Å². The normalized spacial score (nSPS) is 25.1. The molecule has 1 fully saturated rings. The highest BCUT2D eigenvalue weighted by Gasteiger charge is 2.27. The standard InChI is InChI=1S/C11H12FN3S/c12-8-2-1-3-9(8)15-10-7-4-5-16-11(7)14-6-13-10/h4-6,8-9H,1-3H2,(H,13,14,15)/t8-,9-/m1/s1. The number of fused-ring (bicyclic) bond motifs is 1. The topological polar surface area (TPSA) is 37.8 Å². The lowest BCUT2D eigenvalue weighted by Crippen LogP contribution is -2.25. The molecule has 2 aromatic rings. The van der Waals surface area contributed by atoms with Gasteiger partial charge in [-0.1, -0.05) is 0 Å². The van der Waals surface area contributed by atoms with Crippen LogP contribution in [0.25, 0.3) is 10.2 Å². The molecule has 3 rings (SSSR count). The molecule has 0 unspecified atom stereocenters. The lowest BCUT2D eigenvalue weighted by Gasteiger charge is -2.15. The summed E-state index contributed by atoms with van der Waals surface area (Å²) in [5, 5.41) is 6.17. The second-order valence-electron chi connectivity index (χ2n) is 4.06. The van der Waals surface area contributed by atoms with Crippen LogP contribution in [0.2, 0.25) is 0 Å². The average molecular weight is 237 g/mol. The Hall–Kier alpha value is -1.23. The van der Waals surface area contributed by atoms with Gasteiger partial charge in [0.25, 0.3) is 0 Å². The summed E-state index contributed by atoms with van der Waals surface area (Å²) in [7, 11) is 0. The first-order valence-corrected chi connectivity index (χ1v) is 6.31. The number of hydrogen-bond acceptors (Lipinski definition) is 4. The minimum atomic E-state index is -0.747. The van der Waals surface area contributed by atoms with E-state index in [0.29, 0.717) is 6.42 Å². The van der Waals surface area contributed by atoms with Crippen molar-refractivity contribution < 1.29 is 4.39 Å². The van der Waals surface area contributed by atoms with Crippen LogP contribution in [0.1, 0.15) is 19.3 Å². The number of thiophene rings is 1. The first-order valence-electron chi connectivity index (χ1n) is 5.43. The van der Waals surface area contributed by atoms with Gasteiger partial charge in [-0.15, -0.1) is 11.3 Å². The molecule has 3 nitrogen and oxygen atoms in total. The van der Waals surface area contributed by atoms with Crippen molar-refractivity contribution in [3.63, 3.8) is 0 Å². The maximum Gasteiger partial charge on any atom is 0.138 e. The van der Waals surface area contributed by atoms with E-state index in [1.807, 2.05) is 11.4 Å². The van der Waals surface area contributed by atoms with Crippen LogP contribution in [0.3, 0.4) is 0 Å². The smallest absolute Gasteiger partial charge is 0.138 e. The molecular formula is C11H12FN3S. The van der Waals surface area contributed by atoms with Crippen molar-refractivity contribution in [3.8, 4) is 0 Å². The van der Waals surface area contributed by atoms with E-state index in [9.17, 15) is 4.39 Å². The van der Waals surface area contributed by atoms with E-state index in [4.69, 9.17) is 0 Å². The highest BCUT2D eigenvalue weighted by Crippen LogP contribution is 2.29. The minimum Gasteiger partial charge on any atom is -0.364 e. The number of alkyl halides is 1. The molecule has 0 spiro atoms. The maximum atomic E-state index is 13.5. The van der Waals surface area contributed by atoms with Gasteiger partial charge in [0.1, 0.15) is 23.1 Å². The molecule has 0 radical (unpaired) electrons. The summed E-state index contributed by atoms with van der Waals surface area (Å²) in [6, 6.07) is 1.89. The lowest BCUT2D eigenvalue weighted by atomic mass is 10.2. The fourth-order valence-electron chi connectivity index (χ4n) is 2.16. The molecule has 0 amide bonds. The third-order valence-electron chi connectivity index (χ3n) is 3.02. The van der Waals surface area contributed by atoms with Crippen LogP contribution in [-0.4, -0.2) is 22.2 Å². The number of nitrogens with zero attached hydrogens (tertiary/aromatic N) is 2. The number of nitrogens with one attached hydrogen (secondary N) is 1. The zero-order valence-electron chi connectivity index (χ0n) is 8.69. The maximum absolute atomic E-state index is 13.5. The summed E-state index contributed by atoms with van der Waals surface area (Å²) in [4.78, 5) is 9.31. The van der Waals surface area contributed by atoms with E-state index in [2.05, 4.69) is 15.3 Å². The van der Waals surface area contributed by atoms with E-state index in [1.54, 1.807) is 11.3 Å². The monoisotopic (exact) mass is 237 g/mol. The molecule has 0 aliphatic heterocycles. The minimum absolute atomic E-state index is 0.0852. The Morgan fingerprint density at radius 3 is 3.12 bits per heavy atom. The number of anilines is 1. The van der Waals surface area contributed by atoms with Crippen LogP contribution >= 0.6 is 11.3 Å². The molecule has 16 heavy (non-hydrogen) atoms. The van der Waals surface area contributed by atoms with Gasteiger partial charge in [0.15, 0.2) is 0 Å². The number of aromatic nitrogens is 2. The van der Waals surface area contributed by atoms with E-state index in [1.165, 1.54) is 6.33 Å². The SMILES string of the molecule is F[C@@H]1CCC[C@H]1Nc1ncnc2sccc12. The summed E-state index contributed by atoms with van der Waals surface area (Å²) in [5.74, 6) is 0.765. The molecule has 2 aromatic heterocycles. The fourth-order valence-corrected chi connectivity index (χ4v) is 2.89. The lowest BCUT2D eigenvalue weighted by molar-refractivity contribution is 0.323. The van der Waals surface area contributed by atoms with Gasteiger partial charge in [0, 0.05) is 0 Å². The zero-order chi connectivity index (χ0) is 11.0. The van der Waals surface area contributed by atoms with E-state index < -0.39 is 6.17 Å². The van der Waals surface area contributed by atoms with E-state index >= 15 is 0 Å². The van der Waals surface area contributed by atoms with Crippen molar-refractivity contribution in [3.05, 3.63) is 17.8 Å². The Morgan fingerprint density at radius 1 is 1.38 bits per heavy atom. The Bertz CT molecular complexity index is 499. The van der Waals surface area contributed by atoms with Crippen molar-refractivity contribution >= 4 is 27.4 Å². The quantitative estimate of drug-likeness (QED) is 0.872. The van der Waals surface area contributed by atoms with E-state index in [0.717, 1.165) is 28.9 Å². The van der Waals surface area contributed by atoms with Crippen LogP contribution in [0.4, 0.5) is 10.2 Å². The molecule has 0 saturated heterocycles. The first kappa shape index (κ1) is 9.96. The second-order valence-corrected chi connectivity index (χ2v) is 4.95. The zero-order valence-corrected chi connectivity index (χ0v) is 9.51. The summed E-state index contributed by atoms with van der Waals surface area (Å²) in [5.41, 5.74) is 0. The second kappa shape index (κ2) is 3.97. The number of hydrogen-bond donors (Lipinski definition) is 1. The van der Waals surface area contributed by atoms with Crippen LogP contribution < -0.4 is 5.32 Å². The summed E-state index contributed by atoms with van der Waals surface area (Å²) in [6.07, 6.45) is 3.29. The molecule has 1 aliphatic rings. The van der Waals surface area contributed by atoms with Crippen LogP contribution in [-0.2, 0) is 0 Å². The summed E-state index contributed by atoms with van der Waals surface area (Å²) >= 11 is 1.58. The van der Waals surface area contributed by atoms with Gasteiger partial charge in [0.2, 0.25) is 0 Å². The largest absolute Gasteiger partial charge is 0.364 e. The number of halogens is 1. The first-order chi connectivity index (χ1) is 7.84. The molecule has 84 valence electrons. The van der Waals surface area contributed by atoms with Gasteiger partial charge >= 0.3 is 0 Å². The molecule has 0 bridgehead atoms. The molecule has 1 aliphatic carbocycles. The highest BCUT2D eigenvalue weighted by atomic mass is 32.1. The summed E-state index contributed by atoms with van der Waals surface area (Å²) < 4.78 is 13.5. The van der Waals surface area contributed by atoms with Crippen molar-refractivity contribution in [1.29, 1.82) is 0 Å². The summed E-state index contributed by atoms with van der Waals surface area (Å²) in [6.45, 7) is 0. The number of rotatable bonds is 2. The van der Waals surface area contributed by atoms with E-state index in [-0.39, 0.29) is 6.04 Å². The Morgan fingerprint density at radius 2 is 2.31 bits per heavy atom. The Balaban J connectivity index is 1.91. The molecule has 1 N–H and O–H groups in total. The Kier molecular flexibility index (Phi) is 2.47. The molecule has 1 saturated carbocycles. The third-order valence-corrected chi connectivity index (χ3v) is 3.84. The van der Waals surface area contributed by atoms with Crippen LogP contribution in [0.5, 0.6) is 0 Å². The van der Waals surface area contributed by atoms with Gasteiger partial charge in [-0.05, 0) is 30.7 Å². The average Bonchev–Trinajstić information content (AvgIpc) is 2.89. The predicted octanol–water partition coefficient (Wildman–Crippen LogP) is 2.99. The molecule has 2 atom stereocenters. The van der Waals surface area contributed by atoms with Gasteiger partial charge in [0.05, 0.1) is 11.4 Å². The van der Waals surface area contributed by atoms with Gasteiger partial charge in [-0.25, -0.2) is 14.4 Å². The predicted molar refractivity (Wildman–Crippen MR) is 63.6 cm³/mol. The third kappa shape index (κ3) is 1.65. The molecule has 5 heteroatoms. The highest BCUT2D eigenvalue weighted by molar-refractivity contribution is 7.16. The van der Waals surface area contributed by atoms with Crippen LogP contribution in [0.15, 0.2) is 17.8 Å². The van der Waals surface area contributed by atoms with Gasteiger partial charge in [-0.3, -0.25) is 0 Å². The molecule has 2 heterocycles. The van der Waals surface area contributed by atoms with Crippen molar-refractivity contribution in [2.75, 3.05) is 5.32 Å². The molecular weight excluding hydrogens is 225 g/mol. The van der Waals surface area contributed by atoms with Gasteiger partial charge < -0.3 is 5.32 Å². The van der Waals surface area contributed by atoms with Crippen LogP contribution in [0, 0.1) is 0 Å². The van der Waals surface area contributed by atoms with Crippen molar-refractivity contribution in [1.82, 2.24) is 9.97 Å². The molecule has 0 aromatic carbocycles. The van der Waals surface area contributed by atoms with Crippen molar-refractivity contribution in [2.45, 2.75) is 31.5 Å².